The van der Waals surface area contributed by atoms with E-state index in [2.05, 4.69) is 42.0 Å². The van der Waals surface area contributed by atoms with Gasteiger partial charge in [-0.25, -0.2) is 4.98 Å². The summed E-state index contributed by atoms with van der Waals surface area (Å²) in [4.78, 5) is 20.2. The molecule has 0 unspecified atom stereocenters. The number of hydrogen-bond donors (Lipinski definition) is 1. The van der Waals surface area contributed by atoms with Gasteiger partial charge in [-0.3, -0.25) is 4.79 Å². The van der Waals surface area contributed by atoms with Gasteiger partial charge in [0.2, 0.25) is 0 Å². The molecule has 0 bridgehead atoms. The number of halogens is 1. The number of rotatable bonds is 8. The molecule has 0 aliphatic heterocycles. The fraction of sp³-hybridized carbons (Fsp3) is 0.429. The Morgan fingerprint density at radius 1 is 1.15 bits per heavy atom. The highest BCUT2D eigenvalue weighted by Gasteiger charge is 2.15. The first-order valence-electron chi connectivity index (χ1n) is 9.53. The van der Waals surface area contributed by atoms with Gasteiger partial charge in [-0.15, -0.1) is 11.3 Å². The topological polar surface area (TPSA) is 45.2 Å². The van der Waals surface area contributed by atoms with Gasteiger partial charge in [-0.1, -0.05) is 37.1 Å². The number of benzene rings is 1. The van der Waals surface area contributed by atoms with Crippen LogP contribution in [0.4, 0.5) is 0 Å². The fourth-order valence-electron chi connectivity index (χ4n) is 3.33. The van der Waals surface area contributed by atoms with Crippen LogP contribution in [0, 0.1) is 6.92 Å². The third-order valence-electron chi connectivity index (χ3n) is 4.59. The predicted octanol–water partition coefficient (Wildman–Crippen LogP) is 5.26. The van der Waals surface area contributed by atoms with Crippen molar-refractivity contribution in [1.82, 2.24) is 15.2 Å². The predicted molar refractivity (Wildman–Crippen MR) is 116 cm³/mol. The molecule has 0 spiro atoms. The van der Waals surface area contributed by atoms with Gasteiger partial charge in [0.15, 0.2) is 0 Å². The third-order valence-corrected chi connectivity index (χ3v) is 6.04. The molecule has 0 saturated carbocycles. The Hall–Kier alpha value is -1.69. The molecular formula is C21H26ClN3OS. The molecule has 2 aromatic heterocycles. The van der Waals surface area contributed by atoms with Crippen molar-refractivity contribution in [2.75, 3.05) is 26.2 Å². The number of pyridine rings is 1. The zero-order valence-electron chi connectivity index (χ0n) is 16.1. The molecule has 27 heavy (non-hydrogen) atoms. The second kappa shape index (κ2) is 9.00. The monoisotopic (exact) mass is 403 g/mol. The number of nitrogens with one attached hydrogen (secondary N) is 1. The normalized spacial score (nSPS) is 11.6. The van der Waals surface area contributed by atoms with Gasteiger partial charge in [-0.2, -0.15) is 0 Å². The third kappa shape index (κ3) is 4.60. The lowest BCUT2D eigenvalue weighted by atomic mass is 10.1. The maximum Gasteiger partial charge on any atom is 0.261 e. The van der Waals surface area contributed by atoms with Gasteiger partial charge >= 0.3 is 0 Å². The van der Waals surface area contributed by atoms with E-state index in [4.69, 9.17) is 11.6 Å². The van der Waals surface area contributed by atoms with Crippen LogP contribution in [0.15, 0.2) is 24.3 Å². The van der Waals surface area contributed by atoms with Crippen LogP contribution >= 0.6 is 22.9 Å². The van der Waals surface area contributed by atoms with Crippen LogP contribution in [-0.4, -0.2) is 42.0 Å². The van der Waals surface area contributed by atoms with Crippen LogP contribution in [0.5, 0.6) is 0 Å². The zero-order chi connectivity index (χ0) is 19.4. The number of thiophene rings is 1. The summed E-state index contributed by atoms with van der Waals surface area (Å²) < 4.78 is 1.03. The number of fused-ring (bicyclic) bond motifs is 3. The number of carbonyl (C=O) groups excluding carboxylic acids is 1. The van der Waals surface area contributed by atoms with Gasteiger partial charge in [0, 0.05) is 28.6 Å². The van der Waals surface area contributed by atoms with E-state index in [1.54, 1.807) is 0 Å². The molecule has 6 heteroatoms. The summed E-state index contributed by atoms with van der Waals surface area (Å²) in [5, 5.41) is 5.41. The van der Waals surface area contributed by atoms with Gasteiger partial charge in [-0.05, 0) is 51.1 Å². The summed E-state index contributed by atoms with van der Waals surface area (Å²) in [6.07, 6.45) is 2.25. The molecule has 0 saturated heterocycles. The number of amides is 1. The SMILES string of the molecule is CCCN(CCC)CCNC(=O)c1cc2c(Cl)nc3ccc(C)cc3c2s1. The minimum absolute atomic E-state index is 0.0407. The summed E-state index contributed by atoms with van der Waals surface area (Å²) in [5.74, 6) is -0.0407. The van der Waals surface area contributed by atoms with E-state index in [-0.39, 0.29) is 5.91 Å². The van der Waals surface area contributed by atoms with Gasteiger partial charge in [0.25, 0.3) is 5.91 Å². The van der Waals surface area contributed by atoms with Crippen molar-refractivity contribution in [2.45, 2.75) is 33.6 Å². The van der Waals surface area contributed by atoms with Crippen LogP contribution in [0.3, 0.4) is 0 Å². The minimum atomic E-state index is -0.0407. The molecule has 0 aliphatic rings. The number of aryl methyl sites for hydroxylation is 1. The van der Waals surface area contributed by atoms with E-state index in [9.17, 15) is 4.79 Å². The van der Waals surface area contributed by atoms with Crippen molar-refractivity contribution in [1.29, 1.82) is 0 Å². The molecular weight excluding hydrogens is 378 g/mol. The summed E-state index contributed by atoms with van der Waals surface area (Å²) in [7, 11) is 0. The number of aromatic nitrogens is 1. The Bertz CT molecular complexity index is 947. The Morgan fingerprint density at radius 3 is 2.59 bits per heavy atom. The number of hydrogen-bond acceptors (Lipinski definition) is 4. The van der Waals surface area contributed by atoms with Crippen LogP contribution in [0.2, 0.25) is 5.15 Å². The highest BCUT2D eigenvalue weighted by molar-refractivity contribution is 7.21. The molecule has 0 atom stereocenters. The molecule has 1 amide bonds. The van der Waals surface area contributed by atoms with Gasteiger partial charge < -0.3 is 10.2 Å². The quantitative estimate of drug-likeness (QED) is 0.521. The highest BCUT2D eigenvalue weighted by atomic mass is 35.5. The summed E-state index contributed by atoms with van der Waals surface area (Å²) in [5.41, 5.74) is 2.03. The molecule has 144 valence electrons. The van der Waals surface area contributed by atoms with E-state index in [1.165, 1.54) is 16.9 Å². The average molecular weight is 404 g/mol. The molecule has 2 heterocycles. The Balaban J connectivity index is 1.78. The molecule has 3 rings (SSSR count). The van der Waals surface area contributed by atoms with Crippen LogP contribution in [0.25, 0.3) is 21.0 Å². The lowest BCUT2D eigenvalue weighted by Gasteiger charge is -2.20. The van der Waals surface area contributed by atoms with Crippen molar-refractivity contribution >= 4 is 49.8 Å². The highest BCUT2D eigenvalue weighted by Crippen LogP contribution is 2.36. The molecule has 1 N–H and O–H groups in total. The first-order chi connectivity index (χ1) is 13.0. The molecule has 0 fully saturated rings. The molecule has 0 aliphatic carbocycles. The Kier molecular flexibility index (Phi) is 6.68. The first-order valence-corrected chi connectivity index (χ1v) is 10.7. The molecule has 4 nitrogen and oxygen atoms in total. The average Bonchev–Trinajstić information content (AvgIpc) is 3.09. The molecule has 1 aromatic carbocycles. The van der Waals surface area contributed by atoms with E-state index in [0.29, 0.717) is 16.6 Å². The minimum Gasteiger partial charge on any atom is -0.350 e. The van der Waals surface area contributed by atoms with E-state index in [0.717, 1.165) is 53.5 Å². The smallest absolute Gasteiger partial charge is 0.261 e. The van der Waals surface area contributed by atoms with Crippen molar-refractivity contribution in [2.24, 2.45) is 0 Å². The van der Waals surface area contributed by atoms with Crippen LogP contribution in [-0.2, 0) is 0 Å². The number of nitrogens with zero attached hydrogens (tertiary/aromatic N) is 2. The van der Waals surface area contributed by atoms with Crippen LogP contribution in [0.1, 0.15) is 41.9 Å². The standard InChI is InChI=1S/C21H26ClN3OS/c1-4-9-25(10-5-2)11-8-23-21(26)18-13-16-19(27-18)15-12-14(3)6-7-17(15)24-20(16)22/h6-7,12-13H,4-5,8-11H2,1-3H3,(H,23,26). The zero-order valence-corrected chi connectivity index (χ0v) is 17.7. The van der Waals surface area contributed by atoms with Crippen molar-refractivity contribution in [3.8, 4) is 0 Å². The van der Waals surface area contributed by atoms with E-state index < -0.39 is 0 Å². The van der Waals surface area contributed by atoms with E-state index in [1.807, 2.05) is 18.2 Å². The van der Waals surface area contributed by atoms with Gasteiger partial charge in [0.05, 0.1) is 10.4 Å². The van der Waals surface area contributed by atoms with Gasteiger partial charge in [0.1, 0.15) is 5.15 Å². The Morgan fingerprint density at radius 2 is 1.89 bits per heavy atom. The summed E-state index contributed by atoms with van der Waals surface area (Å²) in [6, 6.07) is 7.97. The lowest BCUT2D eigenvalue weighted by molar-refractivity contribution is 0.0952. The van der Waals surface area contributed by atoms with Crippen molar-refractivity contribution in [3.05, 3.63) is 39.9 Å². The number of carbonyl (C=O) groups is 1. The van der Waals surface area contributed by atoms with Crippen molar-refractivity contribution in [3.63, 3.8) is 0 Å². The van der Waals surface area contributed by atoms with Crippen LogP contribution < -0.4 is 5.32 Å². The largest absolute Gasteiger partial charge is 0.350 e. The van der Waals surface area contributed by atoms with Crippen molar-refractivity contribution < 1.29 is 4.79 Å². The first kappa shape index (κ1) is 20.1. The summed E-state index contributed by atoms with van der Waals surface area (Å²) in [6.45, 7) is 10.1. The molecule has 3 aromatic rings. The van der Waals surface area contributed by atoms with E-state index >= 15 is 0 Å². The lowest BCUT2D eigenvalue weighted by Crippen LogP contribution is -2.35. The maximum atomic E-state index is 12.6. The maximum absolute atomic E-state index is 12.6. The second-order valence-electron chi connectivity index (χ2n) is 6.87. The molecule has 0 radical (unpaired) electrons. The second-order valence-corrected chi connectivity index (χ2v) is 8.28. The Labute approximate surface area is 169 Å². The fourth-order valence-corrected chi connectivity index (χ4v) is 4.73. The summed E-state index contributed by atoms with van der Waals surface area (Å²) >= 11 is 7.85.